The van der Waals surface area contributed by atoms with Gasteiger partial charge in [-0.25, -0.2) is 9.97 Å². The predicted molar refractivity (Wildman–Crippen MR) is 146 cm³/mol. The Labute approximate surface area is 205 Å². The van der Waals surface area contributed by atoms with Gasteiger partial charge >= 0.3 is 0 Å². The summed E-state index contributed by atoms with van der Waals surface area (Å²) in [6.07, 6.45) is 5.61. The Balaban J connectivity index is 1.47. The van der Waals surface area contributed by atoms with Crippen molar-refractivity contribution >= 4 is 49.4 Å². The Kier molecular flexibility index (Phi) is 3.88. The lowest BCUT2D eigenvalue weighted by atomic mass is 10.1. The van der Waals surface area contributed by atoms with Gasteiger partial charge in [-0.1, -0.05) is 42.5 Å². The maximum Gasteiger partial charge on any atom is 0.148 e. The molecule has 0 saturated heterocycles. The van der Waals surface area contributed by atoms with Gasteiger partial charge in [-0.3, -0.25) is 9.38 Å². The van der Waals surface area contributed by atoms with Gasteiger partial charge in [0.05, 0.1) is 28.4 Å². The molecule has 8 aromatic rings. The van der Waals surface area contributed by atoms with Crippen LogP contribution in [-0.4, -0.2) is 23.9 Å². The number of benzene rings is 3. The summed E-state index contributed by atoms with van der Waals surface area (Å²) in [4.78, 5) is 14.3. The third kappa shape index (κ3) is 2.57. The quantitative estimate of drug-likeness (QED) is 0.256. The summed E-state index contributed by atoms with van der Waals surface area (Å²) in [5.41, 5.74) is 8.28. The van der Waals surface area contributed by atoms with Crippen molar-refractivity contribution < 1.29 is 0 Å². The SMILES string of the molecule is c1ccc(-n2c3ccccc3c3cc(-c4cnc5c6cccnc6c6cccnc6n45)ccc32)cc1. The molecule has 0 bridgehead atoms. The molecule has 0 aliphatic rings. The number of nitrogens with zero attached hydrogens (tertiary/aromatic N) is 5. The molecule has 0 N–H and O–H groups in total. The van der Waals surface area contributed by atoms with E-state index in [0.717, 1.165) is 44.5 Å². The first-order valence-corrected chi connectivity index (χ1v) is 12.0. The van der Waals surface area contributed by atoms with Gasteiger partial charge in [0.25, 0.3) is 0 Å². The van der Waals surface area contributed by atoms with Crippen LogP contribution in [0.1, 0.15) is 0 Å². The fraction of sp³-hybridized carbons (Fsp3) is 0. The molecular formula is C31H19N5. The molecule has 0 aliphatic carbocycles. The molecule has 5 aromatic heterocycles. The average Bonchev–Trinajstić information content (AvgIpc) is 3.54. The lowest BCUT2D eigenvalue weighted by Gasteiger charge is -2.10. The van der Waals surface area contributed by atoms with E-state index in [1.54, 1.807) is 0 Å². The summed E-state index contributed by atoms with van der Waals surface area (Å²) in [6.45, 7) is 0. The van der Waals surface area contributed by atoms with Crippen LogP contribution < -0.4 is 0 Å². The summed E-state index contributed by atoms with van der Waals surface area (Å²) in [5.74, 6) is 0. The van der Waals surface area contributed by atoms with Crippen LogP contribution >= 0.6 is 0 Å². The lowest BCUT2D eigenvalue weighted by Crippen LogP contribution is -1.97. The van der Waals surface area contributed by atoms with E-state index >= 15 is 0 Å². The molecule has 5 heterocycles. The van der Waals surface area contributed by atoms with Gasteiger partial charge in [0.1, 0.15) is 11.3 Å². The highest BCUT2D eigenvalue weighted by Gasteiger charge is 2.17. The van der Waals surface area contributed by atoms with Gasteiger partial charge in [0.15, 0.2) is 0 Å². The first-order chi connectivity index (χ1) is 17.9. The van der Waals surface area contributed by atoms with Gasteiger partial charge in [-0.2, -0.15) is 0 Å². The van der Waals surface area contributed by atoms with Gasteiger partial charge in [-0.05, 0) is 54.6 Å². The fourth-order valence-corrected chi connectivity index (χ4v) is 5.51. The van der Waals surface area contributed by atoms with Crippen LogP contribution in [0.4, 0.5) is 0 Å². The second-order valence-corrected chi connectivity index (χ2v) is 9.00. The molecule has 36 heavy (non-hydrogen) atoms. The van der Waals surface area contributed by atoms with E-state index in [0.29, 0.717) is 0 Å². The largest absolute Gasteiger partial charge is 0.309 e. The van der Waals surface area contributed by atoms with Crippen molar-refractivity contribution in [2.45, 2.75) is 0 Å². The van der Waals surface area contributed by atoms with E-state index in [9.17, 15) is 0 Å². The minimum Gasteiger partial charge on any atom is -0.309 e. The van der Waals surface area contributed by atoms with Crippen LogP contribution in [0.25, 0.3) is 66.3 Å². The standard InChI is InChI=1S/C31H19N5/c1-2-8-21(9-3-1)35-26-13-5-4-10-22(26)25-18-20(14-15-27(25)35)28-19-34-31-24-11-6-16-32-29(24)23-12-7-17-33-30(23)36(28)31/h1-19H. The molecule has 0 saturated carbocycles. The summed E-state index contributed by atoms with van der Waals surface area (Å²) in [5, 5.41) is 4.47. The summed E-state index contributed by atoms with van der Waals surface area (Å²) in [6, 6.07) is 33.9. The monoisotopic (exact) mass is 461 g/mol. The van der Waals surface area contributed by atoms with E-state index in [1.807, 2.05) is 30.7 Å². The van der Waals surface area contributed by atoms with Crippen molar-refractivity contribution in [3.05, 3.63) is 116 Å². The van der Waals surface area contributed by atoms with Crippen LogP contribution in [0.5, 0.6) is 0 Å². The first-order valence-electron chi connectivity index (χ1n) is 12.0. The number of para-hydroxylation sites is 2. The van der Waals surface area contributed by atoms with Crippen molar-refractivity contribution in [3.63, 3.8) is 0 Å². The summed E-state index contributed by atoms with van der Waals surface area (Å²) < 4.78 is 4.50. The molecule has 0 aliphatic heterocycles. The highest BCUT2D eigenvalue weighted by Crippen LogP contribution is 2.36. The molecule has 0 unspecified atom stereocenters. The van der Waals surface area contributed by atoms with Gasteiger partial charge in [0.2, 0.25) is 0 Å². The molecule has 0 radical (unpaired) electrons. The number of hydrogen-bond acceptors (Lipinski definition) is 3. The number of rotatable bonds is 2. The number of pyridine rings is 3. The predicted octanol–water partition coefficient (Wildman–Crippen LogP) is 7.19. The topological polar surface area (TPSA) is 48.0 Å². The molecule has 0 fully saturated rings. The molecule has 0 atom stereocenters. The Morgan fingerprint density at radius 2 is 1.22 bits per heavy atom. The molecule has 168 valence electrons. The highest BCUT2D eigenvalue weighted by atomic mass is 15.1. The Morgan fingerprint density at radius 3 is 2.08 bits per heavy atom. The average molecular weight is 462 g/mol. The third-order valence-electron chi connectivity index (χ3n) is 7.05. The van der Waals surface area contributed by atoms with Gasteiger partial charge in [-0.15, -0.1) is 0 Å². The summed E-state index contributed by atoms with van der Waals surface area (Å²) >= 11 is 0. The first kappa shape index (κ1) is 19.3. The number of imidazole rings is 1. The van der Waals surface area contributed by atoms with Crippen LogP contribution in [0.3, 0.4) is 0 Å². The number of fused-ring (bicyclic) bond motifs is 9. The third-order valence-corrected chi connectivity index (χ3v) is 7.05. The Hall–Kier alpha value is -5.03. The van der Waals surface area contributed by atoms with Gasteiger partial charge in [0, 0.05) is 45.2 Å². The van der Waals surface area contributed by atoms with Crippen molar-refractivity contribution in [1.82, 2.24) is 23.9 Å². The molecule has 0 spiro atoms. The van der Waals surface area contributed by atoms with Crippen LogP contribution in [-0.2, 0) is 0 Å². The lowest BCUT2D eigenvalue weighted by molar-refractivity contribution is 1.18. The van der Waals surface area contributed by atoms with E-state index in [2.05, 4.69) is 98.9 Å². The van der Waals surface area contributed by atoms with Gasteiger partial charge < -0.3 is 4.57 Å². The zero-order valence-electron chi connectivity index (χ0n) is 19.2. The normalized spacial score (nSPS) is 11.9. The second kappa shape index (κ2) is 7.23. The molecule has 5 nitrogen and oxygen atoms in total. The maximum atomic E-state index is 4.85. The zero-order chi connectivity index (χ0) is 23.6. The second-order valence-electron chi connectivity index (χ2n) is 9.00. The van der Waals surface area contributed by atoms with Crippen molar-refractivity contribution in [3.8, 4) is 16.9 Å². The minimum atomic E-state index is 0.859. The number of aromatic nitrogens is 5. The zero-order valence-corrected chi connectivity index (χ0v) is 19.2. The number of hydrogen-bond donors (Lipinski definition) is 0. The Morgan fingerprint density at radius 1 is 0.528 bits per heavy atom. The fourth-order valence-electron chi connectivity index (χ4n) is 5.51. The van der Waals surface area contributed by atoms with E-state index < -0.39 is 0 Å². The van der Waals surface area contributed by atoms with Crippen LogP contribution in [0.2, 0.25) is 0 Å². The molecule has 0 amide bonds. The Bertz CT molecular complexity index is 2100. The molecule has 8 rings (SSSR count). The van der Waals surface area contributed by atoms with E-state index in [-0.39, 0.29) is 0 Å². The minimum absolute atomic E-state index is 0.859. The molecular weight excluding hydrogens is 442 g/mol. The highest BCUT2D eigenvalue weighted by molar-refractivity contribution is 6.11. The van der Waals surface area contributed by atoms with Crippen LogP contribution in [0, 0.1) is 0 Å². The van der Waals surface area contributed by atoms with E-state index in [1.165, 1.54) is 21.8 Å². The smallest absolute Gasteiger partial charge is 0.148 e. The van der Waals surface area contributed by atoms with E-state index in [4.69, 9.17) is 9.97 Å². The molecule has 3 aromatic carbocycles. The van der Waals surface area contributed by atoms with Crippen molar-refractivity contribution in [2.75, 3.05) is 0 Å². The summed E-state index contributed by atoms with van der Waals surface area (Å²) in [7, 11) is 0. The molecule has 5 heteroatoms. The van der Waals surface area contributed by atoms with Crippen molar-refractivity contribution in [2.24, 2.45) is 0 Å². The van der Waals surface area contributed by atoms with Crippen molar-refractivity contribution in [1.29, 1.82) is 0 Å². The maximum absolute atomic E-state index is 4.85. The van der Waals surface area contributed by atoms with Crippen LogP contribution in [0.15, 0.2) is 116 Å².